The van der Waals surface area contributed by atoms with Gasteiger partial charge in [-0.2, -0.15) is 5.10 Å². The largest absolute Gasteiger partial charge is 0.444 e. The highest BCUT2D eigenvalue weighted by atomic mass is 16.6. The summed E-state index contributed by atoms with van der Waals surface area (Å²) in [6, 6.07) is 1.90. The Morgan fingerprint density at radius 3 is 2.83 bits per heavy atom. The molecule has 2 rings (SSSR count). The molecular weight excluding hydrogens is 296 g/mol. The van der Waals surface area contributed by atoms with E-state index in [0.29, 0.717) is 19.6 Å². The van der Waals surface area contributed by atoms with E-state index in [1.54, 1.807) is 20.7 Å². The van der Waals surface area contributed by atoms with Gasteiger partial charge in [-0.15, -0.1) is 0 Å². The number of aromatic nitrogens is 2. The summed E-state index contributed by atoms with van der Waals surface area (Å²) < 4.78 is 7.18. The van der Waals surface area contributed by atoms with E-state index in [1.165, 1.54) is 0 Å². The lowest BCUT2D eigenvalue weighted by Gasteiger charge is -2.38. The fourth-order valence-corrected chi connectivity index (χ4v) is 2.71. The Bertz CT molecular complexity index is 550. The Hall–Kier alpha value is -2.05. The number of ether oxygens (including phenoxy) is 1. The van der Waals surface area contributed by atoms with Crippen molar-refractivity contribution in [1.82, 2.24) is 19.6 Å². The fourth-order valence-electron chi connectivity index (χ4n) is 2.71. The van der Waals surface area contributed by atoms with Crippen LogP contribution in [0.5, 0.6) is 0 Å². The smallest absolute Gasteiger partial charge is 0.410 e. The standard InChI is InChI=1S/C16H26N4O3/c1-16(2,3)23-15(22)19-9-5-6-14(11-19)20(12-21)10-13-7-8-17-18(13)4/h7-8,12,14H,5-6,9-11H2,1-4H3/t14-/m0/s1. The first-order chi connectivity index (χ1) is 10.8. The van der Waals surface area contributed by atoms with E-state index < -0.39 is 5.60 Å². The summed E-state index contributed by atoms with van der Waals surface area (Å²) in [5.74, 6) is 0. The predicted octanol–water partition coefficient (Wildman–Crippen LogP) is 1.78. The minimum absolute atomic E-state index is 0.00340. The summed E-state index contributed by atoms with van der Waals surface area (Å²) in [5.41, 5.74) is 0.454. The van der Waals surface area contributed by atoms with Gasteiger partial charge in [0.05, 0.1) is 12.2 Å². The zero-order chi connectivity index (χ0) is 17.0. The normalized spacial score (nSPS) is 18.6. The van der Waals surface area contributed by atoms with Gasteiger partial charge in [-0.05, 0) is 39.7 Å². The maximum Gasteiger partial charge on any atom is 0.410 e. The van der Waals surface area contributed by atoms with Crippen LogP contribution in [0.2, 0.25) is 0 Å². The van der Waals surface area contributed by atoms with Crippen LogP contribution in [0.3, 0.4) is 0 Å². The number of amides is 2. The van der Waals surface area contributed by atoms with Crippen molar-refractivity contribution in [3.63, 3.8) is 0 Å². The van der Waals surface area contributed by atoms with Gasteiger partial charge in [0.1, 0.15) is 5.60 Å². The molecule has 0 aromatic carbocycles. The molecule has 0 radical (unpaired) electrons. The summed E-state index contributed by atoms with van der Waals surface area (Å²) in [5, 5.41) is 4.12. The number of piperidine rings is 1. The van der Waals surface area contributed by atoms with Gasteiger partial charge in [0.2, 0.25) is 6.41 Å². The molecule has 2 heterocycles. The lowest BCUT2D eigenvalue weighted by Crippen LogP contribution is -2.50. The van der Waals surface area contributed by atoms with Crippen molar-refractivity contribution in [2.45, 2.75) is 51.8 Å². The number of likely N-dealkylation sites (tertiary alicyclic amines) is 1. The number of rotatable bonds is 4. The third-order valence-corrected chi connectivity index (χ3v) is 3.92. The molecule has 128 valence electrons. The molecular formula is C16H26N4O3. The predicted molar refractivity (Wildman–Crippen MR) is 85.6 cm³/mol. The van der Waals surface area contributed by atoms with Crippen LogP contribution in [0.15, 0.2) is 12.3 Å². The average Bonchev–Trinajstić information content (AvgIpc) is 2.88. The highest BCUT2D eigenvalue weighted by molar-refractivity contribution is 5.68. The summed E-state index contributed by atoms with van der Waals surface area (Å²) in [6.45, 7) is 7.23. The van der Waals surface area contributed by atoms with Crippen LogP contribution in [0.4, 0.5) is 4.79 Å². The lowest BCUT2D eigenvalue weighted by molar-refractivity contribution is -0.122. The van der Waals surface area contributed by atoms with Crippen molar-refractivity contribution in [3.05, 3.63) is 18.0 Å². The second-order valence-electron chi connectivity index (χ2n) is 6.95. The molecule has 1 aliphatic rings. The zero-order valence-electron chi connectivity index (χ0n) is 14.4. The van der Waals surface area contributed by atoms with E-state index in [9.17, 15) is 9.59 Å². The Morgan fingerprint density at radius 1 is 1.52 bits per heavy atom. The lowest BCUT2D eigenvalue weighted by atomic mass is 10.0. The SMILES string of the molecule is Cn1nccc1CN(C=O)[C@H]1CCCN(C(=O)OC(C)(C)C)C1. The minimum Gasteiger partial charge on any atom is -0.444 e. The number of aryl methyl sites for hydroxylation is 1. The number of carbonyl (C=O) groups is 2. The topological polar surface area (TPSA) is 67.7 Å². The quantitative estimate of drug-likeness (QED) is 0.793. The first-order valence-electron chi connectivity index (χ1n) is 7.96. The average molecular weight is 322 g/mol. The number of hydrogen-bond acceptors (Lipinski definition) is 4. The number of nitrogens with zero attached hydrogens (tertiary/aromatic N) is 4. The van der Waals surface area contributed by atoms with Gasteiger partial charge >= 0.3 is 6.09 Å². The molecule has 1 saturated heterocycles. The van der Waals surface area contributed by atoms with Crippen molar-refractivity contribution >= 4 is 12.5 Å². The number of carbonyl (C=O) groups excluding carboxylic acids is 2. The Labute approximate surface area is 137 Å². The van der Waals surface area contributed by atoms with Gasteiger partial charge in [0.15, 0.2) is 0 Å². The van der Waals surface area contributed by atoms with Crippen LogP contribution in [0, 0.1) is 0 Å². The van der Waals surface area contributed by atoms with Crippen molar-refractivity contribution in [1.29, 1.82) is 0 Å². The van der Waals surface area contributed by atoms with E-state index in [-0.39, 0.29) is 12.1 Å². The molecule has 1 aromatic rings. The van der Waals surface area contributed by atoms with Crippen LogP contribution in [0.25, 0.3) is 0 Å². The molecule has 0 bridgehead atoms. The van der Waals surface area contributed by atoms with Crippen molar-refractivity contribution in [2.24, 2.45) is 7.05 Å². The van der Waals surface area contributed by atoms with E-state index in [1.807, 2.05) is 33.9 Å². The van der Waals surface area contributed by atoms with Crippen molar-refractivity contribution < 1.29 is 14.3 Å². The maximum absolute atomic E-state index is 12.2. The van der Waals surface area contributed by atoms with Gasteiger partial charge in [0.25, 0.3) is 0 Å². The highest BCUT2D eigenvalue weighted by Gasteiger charge is 2.30. The van der Waals surface area contributed by atoms with Gasteiger partial charge in [-0.25, -0.2) is 4.79 Å². The molecule has 1 aromatic heterocycles. The van der Waals surface area contributed by atoms with Crippen LogP contribution in [-0.4, -0.2) is 56.8 Å². The Kier molecular flexibility index (Phi) is 5.28. The molecule has 23 heavy (non-hydrogen) atoms. The third kappa shape index (κ3) is 4.71. The number of hydrogen-bond donors (Lipinski definition) is 0. The van der Waals surface area contributed by atoms with Gasteiger partial charge in [-0.3, -0.25) is 9.48 Å². The highest BCUT2D eigenvalue weighted by Crippen LogP contribution is 2.19. The maximum atomic E-state index is 12.2. The van der Waals surface area contributed by atoms with Gasteiger partial charge in [-0.1, -0.05) is 0 Å². The molecule has 7 nitrogen and oxygen atoms in total. The Balaban J connectivity index is 1.99. The monoisotopic (exact) mass is 322 g/mol. The molecule has 0 unspecified atom stereocenters. The van der Waals surface area contributed by atoms with Gasteiger partial charge in [0, 0.05) is 32.4 Å². The molecule has 0 N–H and O–H groups in total. The molecule has 7 heteroatoms. The molecule has 0 spiro atoms. The van der Waals surface area contributed by atoms with E-state index >= 15 is 0 Å². The summed E-state index contributed by atoms with van der Waals surface area (Å²) in [4.78, 5) is 27.2. The zero-order valence-corrected chi connectivity index (χ0v) is 14.4. The molecule has 0 saturated carbocycles. The molecule has 1 aliphatic heterocycles. The second kappa shape index (κ2) is 7.02. The molecule has 1 atom stereocenters. The molecule has 0 aliphatic carbocycles. The summed E-state index contributed by atoms with van der Waals surface area (Å²) in [6.07, 6.45) is 4.01. The van der Waals surface area contributed by atoms with Crippen LogP contribution < -0.4 is 0 Å². The van der Waals surface area contributed by atoms with E-state index in [0.717, 1.165) is 24.9 Å². The summed E-state index contributed by atoms with van der Waals surface area (Å²) >= 11 is 0. The Morgan fingerprint density at radius 2 is 2.26 bits per heavy atom. The van der Waals surface area contributed by atoms with Crippen molar-refractivity contribution in [2.75, 3.05) is 13.1 Å². The fraction of sp³-hybridized carbons (Fsp3) is 0.688. The third-order valence-electron chi connectivity index (χ3n) is 3.92. The summed E-state index contributed by atoms with van der Waals surface area (Å²) in [7, 11) is 1.85. The van der Waals surface area contributed by atoms with Crippen LogP contribution >= 0.6 is 0 Å². The first kappa shape index (κ1) is 17.3. The minimum atomic E-state index is -0.511. The first-order valence-corrected chi connectivity index (χ1v) is 7.96. The van der Waals surface area contributed by atoms with Crippen molar-refractivity contribution in [3.8, 4) is 0 Å². The van der Waals surface area contributed by atoms with E-state index in [2.05, 4.69) is 5.10 Å². The van der Waals surface area contributed by atoms with Gasteiger partial charge < -0.3 is 14.5 Å². The second-order valence-corrected chi connectivity index (χ2v) is 6.95. The molecule has 2 amide bonds. The van der Waals surface area contributed by atoms with Crippen LogP contribution in [0.1, 0.15) is 39.3 Å². The van der Waals surface area contributed by atoms with E-state index in [4.69, 9.17) is 4.74 Å². The molecule has 1 fully saturated rings. The van der Waals surface area contributed by atoms with Crippen LogP contribution in [-0.2, 0) is 23.1 Å².